The lowest BCUT2D eigenvalue weighted by molar-refractivity contribution is -0.271. The third-order valence-electron chi connectivity index (χ3n) is 8.40. The summed E-state index contributed by atoms with van der Waals surface area (Å²) in [5.74, 6) is -1.59. The quantitative estimate of drug-likeness (QED) is 0.0357. The molecule has 1 saturated heterocycles. The zero-order chi connectivity index (χ0) is 33.0. The molecule has 46 heavy (non-hydrogen) atoms. The smallest absolute Gasteiger partial charge is 0.441 e. The molecule has 0 saturated carbocycles. The molecule has 0 radical (unpaired) electrons. The molecule has 0 aromatic heterocycles. The Labute approximate surface area is 271 Å². The maximum absolute atomic E-state index is 14.1. The number of rotatable bonds is 20. The van der Waals surface area contributed by atoms with Crippen molar-refractivity contribution in [3.63, 3.8) is 0 Å². The number of para-hydroxylation sites is 1. The molecule has 1 fully saturated rings. The first-order valence-corrected chi connectivity index (χ1v) is 16.6. The van der Waals surface area contributed by atoms with Crippen molar-refractivity contribution in [3.8, 4) is 0 Å². The van der Waals surface area contributed by atoms with E-state index in [-0.39, 0.29) is 30.7 Å². The average molecular weight is 647 g/mol. The van der Waals surface area contributed by atoms with Crippen LogP contribution in [0.3, 0.4) is 0 Å². The van der Waals surface area contributed by atoms with Gasteiger partial charge in [0.05, 0.1) is 25.0 Å². The van der Waals surface area contributed by atoms with E-state index < -0.39 is 30.6 Å². The molecule has 254 valence electrons. The molecule has 1 aliphatic rings. The predicted octanol–water partition coefficient (Wildman–Crippen LogP) is 10.1. The Morgan fingerprint density at radius 1 is 0.826 bits per heavy atom. The number of nitrogens with zero attached hydrogens (tertiary/aromatic N) is 4. The lowest BCUT2D eigenvalue weighted by atomic mass is 9.83. The van der Waals surface area contributed by atoms with Crippen LogP contribution in [0.15, 0.2) is 70.8 Å². The fraction of sp³-hybridized carbons (Fsp3) is 0.629. The predicted molar refractivity (Wildman–Crippen MR) is 174 cm³/mol. The zero-order valence-corrected chi connectivity index (χ0v) is 27.1. The van der Waals surface area contributed by atoms with Gasteiger partial charge >= 0.3 is 6.18 Å². The first-order valence-electron chi connectivity index (χ1n) is 16.6. The fourth-order valence-corrected chi connectivity index (χ4v) is 5.47. The number of ether oxygens (including phenoxy) is 4. The fourth-order valence-electron chi connectivity index (χ4n) is 5.47. The van der Waals surface area contributed by atoms with Gasteiger partial charge in [-0.1, -0.05) is 119 Å². The zero-order valence-electron chi connectivity index (χ0n) is 27.1. The lowest BCUT2D eigenvalue weighted by Crippen LogP contribution is -2.54. The second-order valence-corrected chi connectivity index (χ2v) is 12.0. The molecule has 2 aromatic carbocycles. The Morgan fingerprint density at radius 3 is 2.02 bits per heavy atom. The van der Waals surface area contributed by atoms with E-state index in [1.54, 1.807) is 18.2 Å². The van der Waals surface area contributed by atoms with Gasteiger partial charge in [0, 0.05) is 18.1 Å². The average Bonchev–Trinajstić information content (AvgIpc) is 3.05. The molecule has 2 aromatic rings. The molecule has 0 spiro atoms. The van der Waals surface area contributed by atoms with Gasteiger partial charge in [-0.25, -0.2) is 4.99 Å². The summed E-state index contributed by atoms with van der Waals surface area (Å²) in [6.07, 6.45) is 3.84. The summed E-state index contributed by atoms with van der Waals surface area (Å²) >= 11 is 0. The minimum absolute atomic E-state index is 0.0416. The van der Waals surface area contributed by atoms with Crippen LogP contribution in [-0.4, -0.2) is 50.3 Å². The van der Waals surface area contributed by atoms with E-state index in [0.29, 0.717) is 13.2 Å². The molecule has 3 rings (SSSR count). The van der Waals surface area contributed by atoms with Crippen LogP contribution < -0.4 is 0 Å². The van der Waals surface area contributed by atoms with Gasteiger partial charge in [-0.3, -0.25) is 0 Å². The second-order valence-electron chi connectivity index (χ2n) is 12.0. The summed E-state index contributed by atoms with van der Waals surface area (Å²) in [7, 11) is 0. The van der Waals surface area contributed by atoms with Crippen molar-refractivity contribution in [2.75, 3.05) is 19.8 Å². The van der Waals surface area contributed by atoms with Crippen LogP contribution in [0.2, 0.25) is 0 Å². The van der Waals surface area contributed by atoms with Crippen LogP contribution in [0, 0.1) is 11.8 Å². The van der Waals surface area contributed by atoms with Gasteiger partial charge in [-0.2, -0.15) is 13.2 Å². The Kier molecular flexibility index (Phi) is 17.0. The van der Waals surface area contributed by atoms with E-state index in [4.69, 9.17) is 24.5 Å². The normalized spacial score (nSPS) is 21.9. The third kappa shape index (κ3) is 13.7. The van der Waals surface area contributed by atoms with Gasteiger partial charge in [0.25, 0.3) is 5.90 Å². The van der Waals surface area contributed by atoms with Crippen molar-refractivity contribution in [3.05, 3.63) is 76.7 Å². The van der Waals surface area contributed by atoms with Gasteiger partial charge in [-0.05, 0) is 47.9 Å². The van der Waals surface area contributed by atoms with Gasteiger partial charge < -0.3 is 18.9 Å². The minimum atomic E-state index is -4.82. The molecule has 1 heterocycles. The van der Waals surface area contributed by atoms with Crippen LogP contribution in [0.1, 0.15) is 83.6 Å². The molecule has 0 bridgehead atoms. The van der Waals surface area contributed by atoms with E-state index in [2.05, 4.69) is 15.0 Å². The van der Waals surface area contributed by atoms with E-state index in [9.17, 15) is 13.2 Å². The van der Waals surface area contributed by atoms with Crippen LogP contribution in [-0.2, 0) is 25.6 Å². The third-order valence-corrected chi connectivity index (χ3v) is 8.40. The second kappa shape index (κ2) is 20.9. The number of aliphatic imine (C=N–C) groups is 1. The summed E-state index contributed by atoms with van der Waals surface area (Å²) in [5, 5.41) is 3.56. The molecule has 5 atom stereocenters. The van der Waals surface area contributed by atoms with Gasteiger partial charge in [-0.15, -0.1) is 0 Å². The first-order chi connectivity index (χ1) is 22.3. The number of alkyl halides is 3. The van der Waals surface area contributed by atoms with E-state index in [0.717, 1.165) is 37.7 Å². The summed E-state index contributed by atoms with van der Waals surface area (Å²) in [6, 6.07) is 17.4. The number of benzene rings is 2. The minimum Gasteiger partial charge on any atom is -0.441 e. The van der Waals surface area contributed by atoms with Crippen molar-refractivity contribution >= 4 is 11.6 Å². The van der Waals surface area contributed by atoms with Gasteiger partial charge in [0.1, 0.15) is 6.10 Å². The highest BCUT2D eigenvalue weighted by atomic mass is 19.4. The maximum atomic E-state index is 14.1. The SMILES string of the molecule is C[C@@H]1C(COCCCCCCCCCCCCN=[N+]=[N-])O[C@@H](OC(=Nc2ccccc2)C(F)(F)F)C(OCc2ccccc2)[C@H]1C. The molecular weight excluding hydrogens is 597 g/mol. The molecule has 1 aliphatic heterocycles. The van der Waals surface area contributed by atoms with E-state index >= 15 is 0 Å². The largest absolute Gasteiger partial charge is 0.468 e. The topological polar surface area (TPSA) is 98.0 Å². The van der Waals surface area contributed by atoms with E-state index in [1.165, 1.54) is 44.2 Å². The summed E-state index contributed by atoms with van der Waals surface area (Å²) in [4.78, 5) is 6.55. The van der Waals surface area contributed by atoms with Gasteiger partial charge in [0.2, 0.25) is 6.29 Å². The number of halogens is 3. The highest BCUT2D eigenvalue weighted by Crippen LogP contribution is 2.36. The number of unbranched alkanes of at least 4 members (excludes halogenated alkanes) is 9. The highest BCUT2D eigenvalue weighted by molar-refractivity contribution is 5.84. The molecule has 8 nitrogen and oxygen atoms in total. The highest BCUT2D eigenvalue weighted by Gasteiger charge is 2.48. The summed E-state index contributed by atoms with van der Waals surface area (Å²) < 4.78 is 66.2. The van der Waals surface area contributed by atoms with Crippen molar-refractivity contribution < 1.29 is 32.1 Å². The Hall–Kier alpha value is -3.11. The van der Waals surface area contributed by atoms with Crippen LogP contribution in [0.25, 0.3) is 10.4 Å². The van der Waals surface area contributed by atoms with Crippen molar-refractivity contribution in [1.82, 2.24) is 0 Å². The lowest BCUT2D eigenvalue weighted by Gasteiger charge is -2.44. The number of hydrogen-bond donors (Lipinski definition) is 0. The molecule has 0 aliphatic carbocycles. The van der Waals surface area contributed by atoms with Crippen LogP contribution >= 0.6 is 0 Å². The van der Waals surface area contributed by atoms with E-state index in [1.807, 2.05) is 44.2 Å². The molecule has 11 heteroatoms. The molecule has 0 amide bonds. The number of hydrogen-bond acceptors (Lipinski definition) is 6. The van der Waals surface area contributed by atoms with Crippen molar-refractivity contribution in [1.29, 1.82) is 0 Å². The van der Waals surface area contributed by atoms with Gasteiger partial charge in [0.15, 0.2) is 0 Å². The molecule has 0 N–H and O–H groups in total. The summed E-state index contributed by atoms with van der Waals surface area (Å²) in [6.45, 7) is 5.59. The monoisotopic (exact) mass is 646 g/mol. The van der Waals surface area contributed by atoms with Crippen molar-refractivity contribution in [2.24, 2.45) is 21.9 Å². The first kappa shape index (κ1) is 37.3. The Balaban J connectivity index is 1.50. The molecule has 2 unspecified atom stereocenters. The summed E-state index contributed by atoms with van der Waals surface area (Å²) in [5.41, 5.74) is 9.33. The maximum Gasteiger partial charge on any atom is 0.468 e. The molecular formula is C35H49F3N4O4. The van der Waals surface area contributed by atoms with Crippen molar-refractivity contribution in [2.45, 2.75) is 109 Å². The standard InChI is InChI=1S/C35H49F3N4O4/c1-27-28(2)32(44-25-29-19-13-11-14-20-29)33(46-34(35(36,37)38)41-30-21-15-12-16-22-30)45-31(27)26-43-24-18-10-8-6-4-3-5-7-9-17-23-40-42-39/h11-16,19-22,27-28,31-33H,3-10,17-18,23-26H2,1-2H3/t27-,28-,31?,32?,33-/m0/s1. The van der Waals surface area contributed by atoms with Crippen LogP contribution in [0.5, 0.6) is 0 Å². The Bertz CT molecular complexity index is 1180. The van der Waals surface area contributed by atoms with Crippen LogP contribution in [0.4, 0.5) is 18.9 Å². The Morgan fingerprint density at radius 2 is 1.41 bits per heavy atom. The number of azide groups is 1.